The SMILES string of the molecule is CCc1c(CC(=O)O)c2cccc(O)c2n1Cc1ccccc1O. The molecule has 3 rings (SSSR count). The molecule has 0 spiro atoms. The number of aliphatic carboxylic acids is 1. The highest BCUT2D eigenvalue weighted by atomic mass is 16.4. The maximum Gasteiger partial charge on any atom is 0.307 e. The van der Waals surface area contributed by atoms with Gasteiger partial charge in [-0.05, 0) is 24.1 Å². The number of aromatic nitrogens is 1. The number of rotatable bonds is 5. The minimum atomic E-state index is -0.908. The van der Waals surface area contributed by atoms with E-state index >= 15 is 0 Å². The van der Waals surface area contributed by atoms with Crippen LogP contribution in [0.4, 0.5) is 0 Å². The van der Waals surface area contributed by atoms with Crippen LogP contribution in [0.1, 0.15) is 23.7 Å². The number of phenols is 2. The van der Waals surface area contributed by atoms with Gasteiger partial charge in [0.2, 0.25) is 0 Å². The van der Waals surface area contributed by atoms with Gasteiger partial charge in [0.1, 0.15) is 11.5 Å². The van der Waals surface area contributed by atoms with Crippen molar-refractivity contribution in [2.45, 2.75) is 26.3 Å². The summed E-state index contributed by atoms with van der Waals surface area (Å²) >= 11 is 0. The highest BCUT2D eigenvalue weighted by molar-refractivity contribution is 5.92. The zero-order valence-electron chi connectivity index (χ0n) is 13.4. The quantitative estimate of drug-likeness (QED) is 0.672. The van der Waals surface area contributed by atoms with Crippen molar-refractivity contribution in [1.82, 2.24) is 4.57 Å². The molecule has 0 saturated carbocycles. The molecule has 0 bridgehead atoms. The lowest BCUT2D eigenvalue weighted by atomic mass is 10.1. The Morgan fingerprint density at radius 3 is 2.42 bits per heavy atom. The molecule has 3 aromatic rings. The number of carbonyl (C=O) groups is 1. The zero-order chi connectivity index (χ0) is 17.3. The van der Waals surface area contributed by atoms with Crippen molar-refractivity contribution in [3.63, 3.8) is 0 Å². The maximum atomic E-state index is 11.3. The topological polar surface area (TPSA) is 82.7 Å². The van der Waals surface area contributed by atoms with Crippen LogP contribution in [0, 0.1) is 0 Å². The highest BCUT2D eigenvalue weighted by Gasteiger charge is 2.20. The predicted octanol–water partition coefficient (Wildman–Crippen LogP) is 3.29. The smallest absolute Gasteiger partial charge is 0.307 e. The molecule has 0 fully saturated rings. The molecular weight excluding hydrogens is 306 g/mol. The van der Waals surface area contributed by atoms with E-state index in [1.807, 2.05) is 29.7 Å². The molecule has 0 atom stereocenters. The number of benzene rings is 2. The summed E-state index contributed by atoms with van der Waals surface area (Å²) in [6, 6.07) is 12.2. The average molecular weight is 325 g/mol. The van der Waals surface area contributed by atoms with Crippen LogP contribution in [0.2, 0.25) is 0 Å². The van der Waals surface area contributed by atoms with Crippen LogP contribution in [0.3, 0.4) is 0 Å². The molecule has 5 heteroatoms. The highest BCUT2D eigenvalue weighted by Crippen LogP contribution is 2.34. The summed E-state index contributed by atoms with van der Waals surface area (Å²) in [4.78, 5) is 11.3. The summed E-state index contributed by atoms with van der Waals surface area (Å²) in [5.41, 5.74) is 2.89. The number of para-hydroxylation sites is 2. The minimum absolute atomic E-state index is 0.100. The number of carboxylic acid groups (broad SMARTS) is 1. The molecule has 0 aliphatic rings. The zero-order valence-corrected chi connectivity index (χ0v) is 13.4. The van der Waals surface area contributed by atoms with E-state index in [-0.39, 0.29) is 17.9 Å². The van der Waals surface area contributed by atoms with Gasteiger partial charge in [-0.3, -0.25) is 4.79 Å². The molecular formula is C19H19NO4. The molecule has 0 saturated heterocycles. The van der Waals surface area contributed by atoms with Crippen molar-refractivity contribution in [3.8, 4) is 11.5 Å². The van der Waals surface area contributed by atoms with Gasteiger partial charge in [0.15, 0.2) is 0 Å². The third-order valence-electron chi connectivity index (χ3n) is 4.27. The second kappa shape index (κ2) is 6.28. The molecule has 24 heavy (non-hydrogen) atoms. The average Bonchev–Trinajstić information content (AvgIpc) is 2.83. The largest absolute Gasteiger partial charge is 0.508 e. The Bertz CT molecular complexity index is 911. The molecule has 1 aromatic heterocycles. The van der Waals surface area contributed by atoms with Gasteiger partial charge in [0.05, 0.1) is 18.5 Å². The summed E-state index contributed by atoms with van der Waals surface area (Å²) in [6.07, 6.45) is 0.529. The van der Waals surface area contributed by atoms with Crippen molar-refractivity contribution < 1.29 is 20.1 Å². The summed E-state index contributed by atoms with van der Waals surface area (Å²) in [5, 5.41) is 30.4. The van der Waals surface area contributed by atoms with Gasteiger partial charge in [0, 0.05) is 16.6 Å². The van der Waals surface area contributed by atoms with E-state index in [0.29, 0.717) is 29.6 Å². The monoisotopic (exact) mass is 325 g/mol. The van der Waals surface area contributed by atoms with Crippen molar-refractivity contribution in [2.75, 3.05) is 0 Å². The number of nitrogens with zero attached hydrogens (tertiary/aromatic N) is 1. The van der Waals surface area contributed by atoms with Gasteiger partial charge in [-0.2, -0.15) is 0 Å². The van der Waals surface area contributed by atoms with E-state index in [2.05, 4.69) is 0 Å². The van der Waals surface area contributed by atoms with Crippen LogP contribution in [0.25, 0.3) is 10.9 Å². The van der Waals surface area contributed by atoms with Crippen molar-refractivity contribution in [1.29, 1.82) is 0 Å². The lowest BCUT2D eigenvalue weighted by molar-refractivity contribution is -0.136. The second-order valence-electron chi connectivity index (χ2n) is 5.74. The molecule has 3 N–H and O–H groups in total. The molecule has 0 amide bonds. The molecule has 5 nitrogen and oxygen atoms in total. The first kappa shape index (κ1) is 15.9. The fourth-order valence-corrected chi connectivity index (χ4v) is 3.25. The first-order chi connectivity index (χ1) is 11.5. The fraction of sp³-hybridized carbons (Fsp3) is 0.211. The van der Waals surface area contributed by atoms with Crippen LogP contribution in [0.5, 0.6) is 11.5 Å². The van der Waals surface area contributed by atoms with Gasteiger partial charge in [0.25, 0.3) is 0 Å². The van der Waals surface area contributed by atoms with Gasteiger partial charge in [-0.1, -0.05) is 37.3 Å². The van der Waals surface area contributed by atoms with Crippen LogP contribution >= 0.6 is 0 Å². The van der Waals surface area contributed by atoms with E-state index in [4.69, 9.17) is 0 Å². The summed E-state index contributed by atoms with van der Waals surface area (Å²) in [7, 11) is 0. The summed E-state index contributed by atoms with van der Waals surface area (Å²) in [5.74, 6) is -0.625. The normalized spacial score (nSPS) is 11.0. The number of hydrogen-bond acceptors (Lipinski definition) is 3. The van der Waals surface area contributed by atoms with Crippen molar-refractivity contribution in [3.05, 3.63) is 59.3 Å². The standard InChI is InChI=1S/C19H19NO4/c1-2-15-14(10-18(23)24)13-7-5-9-17(22)19(13)20(15)11-12-6-3-4-8-16(12)21/h3-9,21-22H,2,10-11H2,1H3,(H,23,24). The number of phenolic OH excluding ortho intramolecular Hbond substituents is 2. The lowest BCUT2D eigenvalue weighted by Gasteiger charge is -2.12. The third-order valence-corrected chi connectivity index (χ3v) is 4.27. The second-order valence-corrected chi connectivity index (χ2v) is 5.74. The third kappa shape index (κ3) is 2.69. The Hall–Kier alpha value is -2.95. The Morgan fingerprint density at radius 2 is 1.75 bits per heavy atom. The Labute approximate surface area is 139 Å². The van der Waals surface area contributed by atoms with E-state index in [9.17, 15) is 20.1 Å². The molecule has 2 aromatic carbocycles. The molecule has 0 unspecified atom stereocenters. The van der Waals surface area contributed by atoms with Crippen molar-refractivity contribution in [2.24, 2.45) is 0 Å². The molecule has 0 aliphatic carbocycles. The number of fused-ring (bicyclic) bond motifs is 1. The van der Waals surface area contributed by atoms with E-state index < -0.39 is 5.97 Å². The molecule has 0 radical (unpaired) electrons. The fourth-order valence-electron chi connectivity index (χ4n) is 3.25. The maximum absolute atomic E-state index is 11.3. The van der Waals surface area contributed by atoms with Gasteiger partial charge in [-0.25, -0.2) is 0 Å². The summed E-state index contributed by atoms with van der Waals surface area (Å²) < 4.78 is 1.90. The number of carboxylic acids is 1. The van der Waals surface area contributed by atoms with Gasteiger partial charge >= 0.3 is 5.97 Å². The Kier molecular flexibility index (Phi) is 4.16. The number of aromatic hydroxyl groups is 2. The van der Waals surface area contributed by atoms with Crippen LogP contribution < -0.4 is 0 Å². The molecule has 0 aliphatic heterocycles. The van der Waals surface area contributed by atoms with Crippen LogP contribution in [0.15, 0.2) is 42.5 Å². The van der Waals surface area contributed by atoms with E-state index in [0.717, 1.165) is 11.1 Å². The lowest BCUT2D eigenvalue weighted by Crippen LogP contribution is -2.07. The Balaban J connectivity index is 2.26. The van der Waals surface area contributed by atoms with E-state index in [1.165, 1.54) is 0 Å². The first-order valence-electron chi connectivity index (χ1n) is 7.83. The predicted molar refractivity (Wildman–Crippen MR) is 91.5 cm³/mol. The van der Waals surface area contributed by atoms with E-state index in [1.54, 1.807) is 24.3 Å². The minimum Gasteiger partial charge on any atom is -0.508 e. The Morgan fingerprint density at radius 1 is 1.04 bits per heavy atom. The van der Waals surface area contributed by atoms with Crippen LogP contribution in [-0.2, 0) is 24.2 Å². The van der Waals surface area contributed by atoms with Crippen molar-refractivity contribution >= 4 is 16.9 Å². The molecule has 1 heterocycles. The van der Waals surface area contributed by atoms with Gasteiger partial charge < -0.3 is 19.9 Å². The molecule has 124 valence electrons. The number of hydrogen-bond donors (Lipinski definition) is 3. The van der Waals surface area contributed by atoms with Gasteiger partial charge in [-0.15, -0.1) is 0 Å². The van der Waals surface area contributed by atoms with Crippen LogP contribution in [-0.4, -0.2) is 25.9 Å². The summed E-state index contributed by atoms with van der Waals surface area (Å²) in [6.45, 7) is 2.32. The first-order valence-corrected chi connectivity index (χ1v) is 7.83.